The van der Waals surface area contributed by atoms with Crippen LogP contribution in [0.5, 0.6) is 5.75 Å². The van der Waals surface area contributed by atoms with Crippen molar-refractivity contribution in [3.63, 3.8) is 0 Å². The smallest absolute Gasteiger partial charge is 0.276 e. The summed E-state index contributed by atoms with van der Waals surface area (Å²) in [5.41, 5.74) is 0.0963. The maximum atomic E-state index is 13.4. The number of nitro groups is 1. The maximum Gasteiger partial charge on any atom is 0.276 e. The van der Waals surface area contributed by atoms with Gasteiger partial charge in [-0.2, -0.15) is 0 Å². The standard InChI is InChI=1S/C11H13ClFNO3/c1-6(7(2)12)8-4-11(17-3)9(13)5-10(8)14(15)16/h4-7H,1-3H3. The van der Waals surface area contributed by atoms with Crippen molar-refractivity contribution in [2.45, 2.75) is 25.1 Å². The van der Waals surface area contributed by atoms with E-state index in [1.54, 1.807) is 13.8 Å². The summed E-state index contributed by atoms with van der Waals surface area (Å²) in [5, 5.41) is 10.6. The molecule has 2 atom stereocenters. The Bertz CT molecular complexity index is 437. The van der Waals surface area contributed by atoms with Gasteiger partial charge in [-0.05, 0) is 13.0 Å². The summed E-state index contributed by atoms with van der Waals surface area (Å²) in [5.74, 6) is -1.04. The normalized spacial score (nSPS) is 14.2. The molecule has 0 heterocycles. The molecule has 0 saturated heterocycles. The maximum absolute atomic E-state index is 13.4. The van der Waals surface area contributed by atoms with E-state index in [1.165, 1.54) is 13.2 Å². The highest BCUT2D eigenvalue weighted by molar-refractivity contribution is 6.20. The fourth-order valence-corrected chi connectivity index (χ4v) is 1.62. The van der Waals surface area contributed by atoms with Gasteiger partial charge < -0.3 is 4.74 Å². The topological polar surface area (TPSA) is 52.4 Å². The van der Waals surface area contributed by atoms with Crippen LogP contribution in [-0.4, -0.2) is 17.4 Å². The third-order valence-corrected chi connectivity index (χ3v) is 3.06. The van der Waals surface area contributed by atoms with E-state index < -0.39 is 10.7 Å². The zero-order valence-electron chi connectivity index (χ0n) is 9.74. The predicted molar refractivity (Wildman–Crippen MR) is 63.3 cm³/mol. The van der Waals surface area contributed by atoms with E-state index in [2.05, 4.69) is 0 Å². The molecule has 6 heteroatoms. The quantitative estimate of drug-likeness (QED) is 0.474. The highest BCUT2D eigenvalue weighted by Crippen LogP contribution is 2.35. The number of benzene rings is 1. The Kier molecular flexibility index (Phi) is 4.28. The van der Waals surface area contributed by atoms with Crippen LogP contribution < -0.4 is 4.74 Å². The lowest BCUT2D eigenvalue weighted by molar-refractivity contribution is -0.385. The van der Waals surface area contributed by atoms with Crippen molar-refractivity contribution in [3.8, 4) is 5.75 Å². The van der Waals surface area contributed by atoms with Gasteiger partial charge in [0.15, 0.2) is 11.6 Å². The highest BCUT2D eigenvalue weighted by atomic mass is 35.5. The van der Waals surface area contributed by atoms with Crippen LogP contribution in [0.3, 0.4) is 0 Å². The Morgan fingerprint density at radius 2 is 2.06 bits per heavy atom. The fourth-order valence-electron chi connectivity index (χ4n) is 1.49. The van der Waals surface area contributed by atoms with Crippen LogP contribution in [0.25, 0.3) is 0 Å². The monoisotopic (exact) mass is 261 g/mol. The number of methoxy groups -OCH3 is 1. The van der Waals surface area contributed by atoms with Crippen molar-refractivity contribution < 1.29 is 14.1 Å². The molecule has 0 amide bonds. The molecular formula is C11H13ClFNO3. The lowest BCUT2D eigenvalue weighted by Gasteiger charge is -2.15. The van der Waals surface area contributed by atoms with Crippen molar-refractivity contribution in [2.75, 3.05) is 7.11 Å². The van der Waals surface area contributed by atoms with Gasteiger partial charge >= 0.3 is 0 Å². The van der Waals surface area contributed by atoms with E-state index in [0.717, 1.165) is 6.07 Å². The van der Waals surface area contributed by atoms with Crippen molar-refractivity contribution in [2.24, 2.45) is 0 Å². The van der Waals surface area contributed by atoms with Crippen molar-refractivity contribution >= 4 is 17.3 Å². The fraction of sp³-hybridized carbons (Fsp3) is 0.455. The molecule has 0 radical (unpaired) electrons. The molecule has 1 aromatic rings. The van der Waals surface area contributed by atoms with Crippen LogP contribution in [0.1, 0.15) is 25.3 Å². The van der Waals surface area contributed by atoms with Crippen LogP contribution in [-0.2, 0) is 0 Å². The van der Waals surface area contributed by atoms with Crippen LogP contribution in [0, 0.1) is 15.9 Å². The van der Waals surface area contributed by atoms with Gasteiger partial charge in [0.05, 0.1) is 18.1 Å². The molecule has 0 aliphatic rings. The molecule has 0 aliphatic carbocycles. The van der Waals surface area contributed by atoms with Gasteiger partial charge in [0.1, 0.15) is 0 Å². The largest absolute Gasteiger partial charge is 0.494 e. The number of alkyl halides is 1. The third kappa shape index (κ3) is 2.85. The van der Waals surface area contributed by atoms with Gasteiger partial charge in [-0.15, -0.1) is 11.6 Å². The first-order valence-electron chi connectivity index (χ1n) is 5.04. The highest BCUT2D eigenvalue weighted by Gasteiger charge is 2.25. The lowest BCUT2D eigenvalue weighted by Crippen LogP contribution is -2.09. The molecule has 0 saturated carbocycles. The number of ether oxygens (including phenoxy) is 1. The molecule has 94 valence electrons. The average Bonchev–Trinajstić information content (AvgIpc) is 2.27. The number of nitrogens with zero attached hydrogens (tertiary/aromatic N) is 1. The number of halogens is 2. The van der Waals surface area contributed by atoms with Gasteiger partial charge in [-0.25, -0.2) is 4.39 Å². The molecule has 1 aromatic carbocycles. The first kappa shape index (κ1) is 13.7. The third-order valence-electron chi connectivity index (χ3n) is 2.68. The van der Waals surface area contributed by atoms with Gasteiger partial charge in [0, 0.05) is 16.9 Å². The number of hydrogen-bond acceptors (Lipinski definition) is 3. The van der Waals surface area contributed by atoms with Crippen LogP contribution in [0.4, 0.5) is 10.1 Å². The Labute approximate surface area is 103 Å². The molecule has 0 N–H and O–H groups in total. The molecule has 0 aliphatic heterocycles. The minimum atomic E-state index is -0.752. The van der Waals surface area contributed by atoms with Gasteiger partial charge in [0.25, 0.3) is 5.69 Å². The van der Waals surface area contributed by atoms with E-state index in [4.69, 9.17) is 16.3 Å². The zero-order valence-corrected chi connectivity index (χ0v) is 10.5. The first-order valence-corrected chi connectivity index (χ1v) is 5.48. The molecule has 0 aromatic heterocycles. The molecular weight excluding hydrogens is 249 g/mol. The Hall–Kier alpha value is -1.36. The van der Waals surface area contributed by atoms with E-state index in [1.807, 2.05) is 0 Å². The van der Waals surface area contributed by atoms with Crippen LogP contribution in [0.15, 0.2) is 12.1 Å². The molecule has 0 fully saturated rings. The van der Waals surface area contributed by atoms with Crippen molar-refractivity contribution in [3.05, 3.63) is 33.6 Å². The SMILES string of the molecule is COc1cc(C(C)C(C)Cl)c([N+](=O)[O-])cc1F. The summed E-state index contributed by atoms with van der Waals surface area (Å²) < 4.78 is 18.2. The Morgan fingerprint density at radius 1 is 1.47 bits per heavy atom. The summed E-state index contributed by atoms with van der Waals surface area (Å²) in [4.78, 5) is 10.2. The Morgan fingerprint density at radius 3 is 2.47 bits per heavy atom. The molecule has 4 nitrogen and oxygen atoms in total. The molecule has 17 heavy (non-hydrogen) atoms. The summed E-state index contributed by atoms with van der Waals surface area (Å²) in [7, 11) is 1.31. The average molecular weight is 262 g/mol. The van der Waals surface area contributed by atoms with Gasteiger partial charge in [-0.1, -0.05) is 6.92 Å². The minimum absolute atomic E-state index is 0.0187. The van der Waals surface area contributed by atoms with Gasteiger partial charge in [0.2, 0.25) is 0 Å². The van der Waals surface area contributed by atoms with Crippen LogP contribution >= 0.6 is 11.6 Å². The number of nitro benzene ring substituents is 1. The number of hydrogen-bond donors (Lipinski definition) is 0. The van der Waals surface area contributed by atoms with Crippen LogP contribution in [0.2, 0.25) is 0 Å². The van der Waals surface area contributed by atoms with E-state index in [0.29, 0.717) is 5.56 Å². The second kappa shape index (κ2) is 5.31. The molecule has 1 rings (SSSR count). The molecule has 0 spiro atoms. The zero-order chi connectivity index (χ0) is 13.2. The van der Waals surface area contributed by atoms with E-state index in [9.17, 15) is 14.5 Å². The van der Waals surface area contributed by atoms with E-state index in [-0.39, 0.29) is 22.7 Å². The van der Waals surface area contributed by atoms with Crippen molar-refractivity contribution in [1.82, 2.24) is 0 Å². The summed E-state index contributed by atoms with van der Waals surface area (Å²) in [6.45, 7) is 3.48. The Balaban J connectivity index is 3.38. The van der Waals surface area contributed by atoms with Crippen molar-refractivity contribution in [1.29, 1.82) is 0 Å². The molecule has 2 unspecified atom stereocenters. The summed E-state index contributed by atoms with van der Waals surface area (Å²) in [6, 6.07) is 2.20. The first-order chi connectivity index (χ1) is 7.88. The number of rotatable bonds is 4. The predicted octanol–water partition coefficient (Wildman–Crippen LogP) is 3.47. The van der Waals surface area contributed by atoms with E-state index >= 15 is 0 Å². The minimum Gasteiger partial charge on any atom is -0.494 e. The lowest BCUT2D eigenvalue weighted by atomic mass is 9.96. The summed E-state index contributed by atoms with van der Waals surface area (Å²) in [6.07, 6.45) is 0. The molecule has 0 bridgehead atoms. The second-order valence-corrected chi connectivity index (χ2v) is 4.46. The second-order valence-electron chi connectivity index (χ2n) is 3.77. The van der Waals surface area contributed by atoms with Gasteiger partial charge in [-0.3, -0.25) is 10.1 Å². The summed E-state index contributed by atoms with van der Waals surface area (Å²) >= 11 is 5.92.